The molecule has 60 valence electrons. The summed E-state index contributed by atoms with van der Waals surface area (Å²) < 4.78 is 0. The second kappa shape index (κ2) is 3.72. The Balaban J connectivity index is 2.29. The van der Waals surface area contributed by atoms with Gasteiger partial charge in [0, 0.05) is 11.9 Å². The minimum atomic E-state index is -0.417. The van der Waals surface area contributed by atoms with Crippen LogP contribution in [0.2, 0.25) is 0 Å². The lowest BCUT2D eigenvalue weighted by atomic mass is 10.2. The third-order valence-electron chi connectivity index (χ3n) is 1.28. The fraction of sp³-hybridized carbons (Fsp3) is 0.333. The number of nitrogens with zero attached hydrogens (tertiary/aromatic N) is 1. The lowest BCUT2D eigenvalue weighted by Gasteiger charge is -1.94. The highest BCUT2D eigenvalue weighted by Crippen LogP contribution is 1.96. The molecule has 11 heavy (non-hydrogen) atoms. The van der Waals surface area contributed by atoms with Crippen LogP contribution in [0.4, 0.5) is 0 Å². The van der Waals surface area contributed by atoms with E-state index in [9.17, 15) is 4.79 Å². The van der Waals surface area contributed by atoms with Crippen molar-refractivity contribution in [3.63, 3.8) is 0 Å². The number of carbonyl (C=O) groups excluding carboxylic acids is 1. The monoisotopic (exact) mass is 155 g/mol. The number of H-pyrrole nitrogens is 1. The molecule has 3 N–H and O–H groups in total. The van der Waals surface area contributed by atoms with Gasteiger partial charge in [-0.1, -0.05) is 0 Å². The Morgan fingerprint density at radius 3 is 3.18 bits per heavy atom. The first-order valence-electron chi connectivity index (χ1n) is 3.19. The van der Waals surface area contributed by atoms with E-state index >= 15 is 0 Å². The van der Waals surface area contributed by atoms with Crippen LogP contribution in [0, 0.1) is 0 Å². The zero-order chi connectivity index (χ0) is 8.10. The zero-order valence-corrected chi connectivity index (χ0v) is 5.91. The summed E-state index contributed by atoms with van der Waals surface area (Å²) in [5, 5.41) is 0. The number of hydrogen-bond acceptors (Lipinski definition) is 4. The molecule has 1 aromatic rings. The highest BCUT2D eigenvalue weighted by molar-refractivity contribution is 5.69. The van der Waals surface area contributed by atoms with Crippen molar-refractivity contribution in [1.29, 1.82) is 0 Å². The molecule has 1 aromatic heterocycles. The number of carbonyl (C=O) groups is 1. The molecule has 0 radical (unpaired) electrons. The number of aromatic nitrogens is 2. The number of hydrogen-bond donors (Lipinski definition) is 2. The van der Waals surface area contributed by atoms with E-state index < -0.39 is 5.97 Å². The fourth-order valence-electron chi connectivity index (χ4n) is 0.717. The number of nitrogens with two attached hydrogens (primary N) is 1. The Labute approximate surface area is 63.5 Å². The van der Waals surface area contributed by atoms with Crippen LogP contribution in [-0.4, -0.2) is 15.9 Å². The van der Waals surface area contributed by atoms with Gasteiger partial charge < -0.3 is 9.82 Å². The van der Waals surface area contributed by atoms with Gasteiger partial charge in [0.25, 0.3) is 0 Å². The molecule has 0 aromatic carbocycles. The van der Waals surface area contributed by atoms with Crippen LogP contribution in [-0.2, 0) is 16.1 Å². The topological polar surface area (TPSA) is 81.0 Å². The van der Waals surface area contributed by atoms with Crippen molar-refractivity contribution in [2.24, 2.45) is 5.90 Å². The van der Waals surface area contributed by atoms with E-state index in [1.54, 1.807) is 12.5 Å². The maximum atomic E-state index is 10.5. The second-order valence-electron chi connectivity index (χ2n) is 2.07. The normalized spacial score (nSPS) is 9.55. The van der Waals surface area contributed by atoms with Gasteiger partial charge in [0.2, 0.25) is 0 Å². The van der Waals surface area contributed by atoms with Crippen LogP contribution in [0.25, 0.3) is 0 Å². The van der Waals surface area contributed by atoms with Gasteiger partial charge in [-0.25, -0.2) is 4.98 Å². The Kier molecular flexibility index (Phi) is 2.62. The molecule has 0 aliphatic rings. The van der Waals surface area contributed by atoms with E-state index in [0.717, 1.165) is 5.69 Å². The maximum Gasteiger partial charge on any atom is 0.324 e. The van der Waals surface area contributed by atoms with Crippen LogP contribution in [0.15, 0.2) is 12.5 Å². The van der Waals surface area contributed by atoms with Gasteiger partial charge in [-0.15, -0.1) is 0 Å². The lowest BCUT2D eigenvalue weighted by molar-refractivity contribution is -0.144. The predicted octanol–water partition coefficient (Wildman–Crippen LogP) is -0.241. The summed E-state index contributed by atoms with van der Waals surface area (Å²) in [7, 11) is 0. The van der Waals surface area contributed by atoms with Crippen molar-refractivity contribution >= 4 is 5.97 Å². The number of aryl methyl sites for hydroxylation is 1. The first-order chi connectivity index (χ1) is 5.33. The molecule has 5 heteroatoms. The molecule has 0 saturated carbocycles. The summed E-state index contributed by atoms with van der Waals surface area (Å²) in [6, 6.07) is 0. The standard InChI is InChI=1S/C6H9N3O2/c7-11-6(10)2-1-5-3-8-4-9-5/h3-4H,1-2,7H2,(H,8,9). The van der Waals surface area contributed by atoms with Crippen molar-refractivity contribution in [1.82, 2.24) is 9.97 Å². The van der Waals surface area contributed by atoms with Crippen molar-refractivity contribution in [3.8, 4) is 0 Å². The van der Waals surface area contributed by atoms with Crippen LogP contribution < -0.4 is 5.90 Å². The summed E-state index contributed by atoms with van der Waals surface area (Å²) in [6.45, 7) is 0. The van der Waals surface area contributed by atoms with Gasteiger partial charge in [-0.3, -0.25) is 4.79 Å². The predicted molar refractivity (Wildman–Crippen MR) is 37.2 cm³/mol. The van der Waals surface area contributed by atoms with Gasteiger partial charge in [0.1, 0.15) is 0 Å². The lowest BCUT2D eigenvalue weighted by Crippen LogP contribution is -2.10. The molecule has 0 amide bonds. The molecule has 0 aliphatic heterocycles. The van der Waals surface area contributed by atoms with Crippen molar-refractivity contribution < 1.29 is 9.63 Å². The van der Waals surface area contributed by atoms with Gasteiger partial charge in [-0.05, 0) is 6.42 Å². The molecular formula is C6H9N3O2. The number of imidazole rings is 1. The molecule has 0 spiro atoms. The Bertz CT molecular complexity index is 220. The third kappa shape index (κ3) is 2.38. The highest BCUT2D eigenvalue weighted by atomic mass is 16.7. The second-order valence-corrected chi connectivity index (χ2v) is 2.07. The average Bonchev–Trinajstić information content (AvgIpc) is 2.52. The Morgan fingerprint density at radius 2 is 2.64 bits per heavy atom. The van der Waals surface area contributed by atoms with Gasteiger partial charge >= 0.3 is 5.97 Å². The summed E-state index contributed by atoms with van der Waals surface area (Å²) in [5.74, 6) is 4.22. The van der Waals surface area contributed by atoms with Crippen molar-refractivity contribution in [2.75, 3.05) is 0 Å². The molecule has 0 fully saturated rings. The number of nitrogens with one attached hydrogen (secondary N) is 1. The molecule has 0 saturated heterocycles. The highest BCUT2D eigenvalue weighted by Gasteiger charge is 2.01. The summed E-state index contributed by atoms with van der Waals surface area (Å²) >= 11 is 0. The zero-order valence-electron chi connectivity index (χ0n) is 5.91. The summed E-state index contributed by atoms with van der Waals surface area (Å²) in [4.78, 5) is 21.1. The maximum absolute atomic E-state index is 10.5. The van der Waals surface area contributed by atoms with Crippen molar-refractivity contribution in [2.45, 2.75) is 12.8 Å². The fourth-order valence-corrected chi connectivity index (χ4v) is 0.717. The average molecular weight is 155 g/mol. The first-order valence-corrected chi connectivity index (χ1v) is 3.19. The van der Waals surface area contributed by atoms with Crippen molar-refractivity contribution in [3.05, 3.63) is 18.2 Å². The van der Waals surface area contributed by atoms with Crippen LogP contribution in [0.3, 0.4) is 0 Å². The van der Waals surface area contributed by atoms with E-state index in [2.05, 4.69) is 20.7 Å². The molecule has 1 heterocycles. The Hall–Kier alpha value is -1.36. The molecule has 5 nitrogen and oxygen atoms in total. The first kappa shape index (κ1) is 7.74. The molecule has 0 aliphatic carbocycles. The van der Waals surface area contributed by atoms with Gasteiger partial charge in [0.05, 0.1) is 12.7 Å². The molecule has 0 bridgehead atoms. The third-order valence-corrected chi connectivity index (χ3v) is 1.28. The SMILES string of the molecule is NOC(=O)CCc1cnc[nH]1. The van der Waals surface area contributed by atoms with E-state index in [0.29, 0.717) is 6.42 Å². The molecule has 1 rings (SSSR count). The molecular weight excluding hydrogens is 146 g/mol. The molecule has 0 unspecified atom stereocenters. The number of rotatable bonds is 3. The minimum absolute atomic E-state index is 0.276. The van der Waals surface area contributed by atoms with E-state index in [-0.39, 0.29) is 6.42 Å². The summed E-state index contributed by atoms with van der Waals surface area (Å²) in [5.41, 5.74) is 0.899. The summed E-state index contributed by atoms with van der Waals surface area (Å²) in [6.07, 6.45) is 4.07. The van der Waals surface area contributed by atoms with Gasteiger partial charge in [0.15, 0.2) is 0 Å². The van der Waals surface area contributed by atoms with E-state index in [4.69, 9.17) is 0 Å². The Morgan fingerprint density at radius 1 is 1.82 bits per heavy atom. The van der Waals surface area contributed by atoms with E-state index in [1.165, 1.54) is 0 Å². The number of aromatic amines is 1. The quantitative estimate of drug-likeness (QED) is 0.590. The minimum Gasteiger partial charge on any atom is -0.373 e. The smallest absolute Gasteiger partial charge is 0.324 e. The largest absolute Gasteiger partial charge is 0.373 e. The van der Waals surface area contributed by atoms with Crippen LogP contribution in [0.1, 0.15) is 12.1 Å². The van der Waals surface area contributed by atoms with Gasteiger partial charge in [-0.2, -0.15) is 5.90 Å². The molecule has 0 atom stereocenters. The van der Waals surface area contributed by atoms with Crippen LogP contribution in [0.5, 0.6) is 0 Å². The van der Waals surface area contributed by atoms with Crippen LogP contribution >= 0.6 is 0 Å². The van der Waals surface area contributed by atoms with E-state index in [1.807, 2.05) is 0 Å².